The molecule has 0 aliphatic carbocycles. The van der Waals surface area contributed by atoms with Crippen LogP contribution in [0.1, 0.15) is 6.42 Å². The Labute approximate surface area is 79.6 Å². The number of halogens is 1. The summed E-state index contributed by atoms with van der Waals surface area (Å²) in [5, 5.41) is 0.813. The molecule has 1 fully saturated rings. The number of nitrogens with zero attached hydrogens (tertiary/aromatic N) is 2. The summed E-state index contributed by atoms with van der Waals surface area (Å²) in [6, 6.07) is -0.180. The number of likely N-dealkylation sites (N-methyl/N-ethyl adjacent to an activating group) is 1. The highest BCUT2D eigenvalue weighted by molar-refractivity contribution is 9.09. The molecule has 1 heterocycles. The van der Waals surface area contributed by atoms with Crippen molar-refractivity contribution in [2.45, 2.75) is 6.42 Å². The molecular weight excluding hydrogens is 224 g/mol. The lowest BCUT2D eigenvalue weighted by Gasteiger charge is -2.12. The Morgan fingerprint density at radius 3 is 2.58 bits per heavy atom. The van der Waals surface area contributed by atoms with Crippen LogP contribution in [0.25, 0.3) is 0 Å². The maximum atomic E-state index is 11.2. The van der Waals surface area contributed by atoms with Crippen molar-refractivity contribution < 1.29 is 9.59 Å². The predicted molar refractivity (Wildman–Crippen MR) is 48.2 cm³/mol. The molecule has 0 unspecified atom stereocenters. The van der Waals surface area contributed by atoms with Crippen LogP contribution in [0.3, 0.4) is 0 Å². The van der Waals surface area contributed by atoms with Gasteiger partial charge in [0.1, 0.15) is 6.54 Å². The third-order valence-corrected chi connectivity index (χ3v) is 2.31. The van der Waals surface area contributed by atoms with E-state index in [9.17, 15) is 9.59 Å². The summed E-state index contributed by atoms with van der Waals surface area (Å²) in [5.41, 5.74) is 0. The Hall–Kier alpha value is -0.580. The van der Waals surface area contributed by atoms with Gasteiger partial charge in [0.05, 0.1) is 0 Å². The number of hydrogen-bond donors (Lipinski definition) is 0. The number of carbonyl (C=O) groups excluding carboxylic acids is 2. The fraction of sp³-hybridized carbons (Fsp3) is 0.714. The molecule has 4 nitrogen and oxygen atoms in total. The van der Waals surface area contributed by atoms with E-state index in [0.717, 1.165) is 11.8 Å². The van der Waals surface area contributed by atoms with Gasteiger partial charge in [-0.3, -0.25) is 9.69 Å². The second-order valence-electron chi connectivity index (χ2n) is 2.73. The highest BCUT2D eigenvalue weighted by atomic mass is 79.9. The van der Waals surface area contributed by atoms with Gasteiger partial charge in [0.2, 0.25) is 5.91 Å². The molecule has 3 amide bonds. The van der Waals surface area contributed by atoms with Gasteiger partial charge in [-0.1, -0.05) is 15.9 Å². The van der Waals surface area contributed by atoms with Crippen LogP contribution in [0.4, 0.5) is 4.79 Å². The number of amides is 3. The van der Waals surface area contributed by atoms with Gasteiger partial charge in [-0.15, -0.1) is 0 Å². The average molecular weight is 235 g/mol. The van der Waals surface area contributed by atoms with Crippen LogP contribution in [0.15, 0.2) is 0 Å². The number of rotatable bonds is 3. The first-order valence-electron chi connectivity index (χ1n) is 3.78. The highest BCUT2D eigenvalue weighted by Gasteiger charge is 2.32. The quantitative estimate of drug-likeness (QED) is 0.532. The Morgan fingerprint density at radius 1 is 1.50 bits per heavy atom. The van der Waals surface area contributed by atoms with E-state index in [2.05, 4.69) is 15.9 Å². The van der Waals surface area contributed by atoms with E-state index >= 15 is 0 Å². The fourth-order valence-electron chi connectivity index (χ4n) is 1.11. The largest absolute Gasteiger partial charge is 0.326 e. The van der Waals surface area contributed by atoms with Crippen molar-refractivity contribution in [2.24, 2.45) is 0 Å². The summed E-state index contributed by atoms with van der Waals surface area (Å²) in [6.07, 6.45) is 0.811. The maximum absolute atomic E-state index is 11.2. The van der Waals surface area contributed by atoms with Gasteiger partial charge >= 0.3 is 6.03 Å². The number of imide groups is 1. The first kappa shape index (κ1) is 9.51. The van der Waals surface area contributed by atoms with Gasteiger partial charge in [0.15, 0.2) is 0 Å². The molecule has 0 aromatic heterocycles. The highest BCUT2D eigenvalue weighted by Crippen LogP contribution is 2.08. The van der Waals surface area contributed by atoms with Crippen molar-refractivity contribution in [3.8, 4) is 0 Å². The molecule has 1 rings (SSSR count). The summed E-state index contributed by atoms with van der Waals surface area (Å²) >= 11 is 3.25. The van der Waals surface area contributed by atoms with Gasteiger partial charge in [-0.05, 0) is 6.42 Å². The van der Waals surface area contributed by atoms with Crippen molar-refractivity contribution in [1.82, 2.24) is 9.80 Å². The molecule has 0 saturated carbocycles. The maximum Gasteiger partial charge on any atom is 0.326 e. The van der Waals surface area contributed by atoms with Crippen molar-refractivity contribution in [3.63, 3.8) is 0 Å². The topological polar surface area (TPSA) is 40.6 Å². The van der Waals surface area contributed by atoms with Gasteiger partial charge in [-0.25, -0.2) is 4.79 Å². The first-order valence-corrected chi connectivity index (χ1v) is 4.90. The summed E-state index contributed by atoms with van der Waals surface area (Å²) in [7, 11) is 1.63. The Morgan fingerprint density at radius 2 is 2.17 bits per heavy atom. The SMILES string of the molecule is CN1CC(=O)N(CCCBr)C1=O. The lowest BCUT2D eigenvalue weighted by atomic mass is 10.4. The summed E-state index contributed by atoms with van der Waals surface area (Å²) in [4.78, 5) is 25.1. The van der Waals surface area contributed by atoms with E-state index in [4.69, 9.17) is 0 Å². The molecule has 0 spiro atoms. The second-order valence-corrected chi connectivity index (χ2v) is 3.52. The van der Waals surface area contributed by atoms with Crippen LogP contribution in [0.2, 0.25) is 0 Å². The first-order chi connectivity index (χ1) is 5.66. The zero-order valence-corrected chi connectivity index (χ0v) is 8.50. The number of alkyl halides is 1. The smallest absolute Gasteiger partial charge is 0.318 e. The lowest BCUT2D eigenvalue weighted by molar-refractivity contribution is -0.125. The molecule has 1 aliphatic rings. The molecule has 0 radical (unpaired) electrons. The number of carbonyl (C=O) groups is 2. The normalized spacial score (nSPS) is 17.8. The summed E-state index contributed by atoms with van der Waals surface area (Å²) in [5.74, 6) is -0.0940. The van der Waals surface area contributed by atoms with Gasteiger partial charge in [0.25, 0.3) is 0 Å². The van der Waals surface area contributed by atoms with E-state index in [0.29, 0.717) is 6.54 Å². The van der Waals surface area contributed by atoms with Crippen molar-refractivity contribution in [1.29, 1.82) is 0 Å². The van der Waals surface area contributed by atoms with Gasteiger partial charge in [0, 0.05) is 18.9 Å². The van der Waals surface area contributed by atoms with Crippen LogP contribution in [-0.4, -0.2) is 47.2 Å². The molecule has 12 heavy (non-hydrogen) atoms. The molecule has 0 aromatic carbocycles. The van der Waals surface area contributed by atoms with Crippen LogP contribution in [-0.2, 0) is 4.79 Å². The molecule has 0 bridgehead atoms. The van der Waals surface area contributed by atoms with Gasteiger partial charge < -0.3 is 4.90 Å². The fourth-order valence-corrected chi connectivity index (χ4v) is 1.36. The number of urea groups is 1. The number of hydrogen-bond acceptors (Lipinski definition) is 2. The van der Waals surface area contributed by atoms with Crippen LogP contribution in [0.5, 0.6) is 0 Å². The zero-order valence-electron chi connectivity index (χ0n) is 6.92. The monoisotopic (exact) mass is 234 g/mol. The minimum atomic E-state index is -0.180. The van der Waals surface area contributed by atoms with Crippen molar-refractivity contribution >= 4 is 27.9 Å². The standard InChI is InChI=1S/C7H11BrN2O2/c1-9-5-6(11)10(7(9)12)4-2-3-8/h2-5H2,1H3. The Kier molecular flexibility index (Phi) is 3.08. The van der Waals surface area contributed by atoms with Crippen LogP contribution in [0, 0.1) is 0 Å². The average Bonchev–Trinajstić information content (AvgIpc) is 2.25. The lowest BCUT2D eigenvalue weighted by Crippen LogP contribution is -2.32. The van der Waals surface area contributed by atoms with E-state index in [-0.39, 0.29) is 18.5 Å². The zero-order chi connectivity index (χ0) is 9.14. The van der Waals surface area contributed by atoms with Gasteiger partial charge in [-0.2, -0.15) is 0 Å². The molecule has 5 heteroatoms. The minimum Gasteiger partial charge on any atom is -0.318 e. The van der Waals surface area contributed by atoms with Crippen LogP contribution >= 0.6 is 15.9 Å². The molecule has 0 N–H and O–H groups in total. The third-order valence-electron chi connectivity index (χ3n) is 1.75. The Balaban J connectivity index is 2.52. The summed E-state index contributed by atoms with van der Waals surface area (Å²) < 4.78 is 0. The Bertz CT molecular complexity index is 208. The van der Waals surface area contributed by atoms with E-state index in [1.54, 1.807) is 7.05 Å². The van der Waals surface area contributed by atoms with Crippen LogP contribution < -0.4 is 0 Å². The third kappa shape index (κ3) is 1.77. The molecule has 0 aromatic rings. The minimum absolute atomic E-state index is 0.0940. The van der Waals surface area contributed by atoms with E-state index in [1.165, 1.54) is 9.80 Å². The second kappa shape index (κ2) is 3.89. The van der Waals surface area contributed by atoms with Crippen molar-refractivity contribution in [3.05, 3.63) is 0 Å². The van der Waals surface area contributed by atoms with E-state index in [1.807, 2.05) is 0 Å². The van der Waals surface area contributed by atoms with Crippen molar-refractivity contribution in [2.75, 3.05) is 25.5 Å². The molecule has 1 saturated heterocycles. The predicted octanol–water partition coefficient (Wildman–Crippen LogP) is 0.665. The molecule has 1 aliphatic heterocycles. The summed E-state index contributed by atoms with van der Waals surface area (Å²) in [6.45, 7) is 0.744. The van der Waals surface area contributed by atoms with E-state index < -0.39 is 0 Å². The molecule has 68 valence electrons. The molecule has 0 atom stereocenters. The molecular formula is C7H11BrN2O2.